The van der Waals surface area contributed by atoms with Gasteiger partial charge in [-0.2, -0.15) is 0 Å². The fourth-order valence-corrected chi connectivity index (χ4v) is 3.91. The molecule has 1 fully saturated rings. The summed E-state index contributed by atoms with van der Waals surface area (Å²) in [5.41, 5.74) is 2.37. The summed E-state index contributed by atoms with van der Waals surface area (Å²) in [4.78, 5) is 20.8. The van der Waals surface area contributed by atoms with E-state index in [1.54, 1.807) is 6.20 Å². The first-order valence-electron chi connectivity index (χ1n) is 8.50. The van der Waals surface area contributed by atoms with E-state index in [0.717, 1.165) is 24.1 Å². The molecule has 1 aliphatic carbocycles. The lowest BCUT2D eigenvalue weighted by atomic mass is 9.69. The van der Waals surface area contributed by atoms with Gasteiger partial charge in [0.25, 0.3) is 0 Å². The Morgan fingerprint density at radius 3 is 2.77 bits per heavy atom. The van der Waals surface area contributed by atoms with Crippen molar-refractivity contribution in [3.8, 4) is 0 Å². The monoisotopic (exact) mass is 302 g/mol. The number of fused-ring (bicyclic) bond motifs is 1. The third-order valence-corrected chi connectivity index (χ3v) is 5.77. The zero-order valence-electron chi connectivity index (χ0n) is 13.6. The normalized spacial score (nSPS) is 24.0. The average molecular weight is 302 g/mol. The van der Waals surface area contributed by atoms with Crippen LogP contribution >= 0.6 is 0 Å². The lowest BCUT2D eigenvalue weighted by Crippen LogP contribution is -2.44. The van der Waals surface area contributed by atoms with Gasteiger partial charge in [-0.3, -0.25) is 10.1 Å². The molecule has 1 aromatic heterocycles. The summed E-state index contributed by atoms with van der Waals surface area (Å²) >= 11 is 0. The molecule has 2 N–H and O–H groups in total. The van der Waals surface area contributed by atoms with Gasteiger partial charge in [-0.05, 0) is 31.1 Å². The van der Waals surface area contributed by atoms with Gasteiger partial charge in [-0.15, -0.1) is 0 Å². The fraction of sp³-hybridized carbons (Fsp3) is 0.706. The molecule has 1 aromatic rings. The first-order chi connectivity index (χ1) is 10.7. The number of hydrogen-bond donors (Lipinski definition) is 2. The van der Waals surface area contributed by atoms with E-state index < -0.39 is 0 Å². The highest BCUT2D eigenvalue weighted by molar-refractivity contribution is 5.84. The molecular formula is C17H26N4O. The van der Waals surface area contributed by atoms with Crippen LogP contribution in [0.15, 0.2) is 12.5 Å². The van der Waals surface area contributed by atoms with Crippen molar-refractivity contribution < 1.29 is 4.79 Å². The number of nitrogens with one attached hydrogen (secondary N) is 2. The summed E-state index contributed by atoms with van der Waals surface area (Å²) in [6, 6.07) is 0.0226. The minimum absolute atomic E-state index is 0.0686. The second kappa shape index (κ2) is 6.32. The number of hydrogen-bond acceptors (Lipinski definition) is 4. The van der Waals surface area contributed by atoms with Gasteiger partial charge in [-0.25, -0.2) is 9.97 Å². The van der Waals surface area contributed by atoms with Crippen LogP contribution in [-0.2, 0) is 11.3 Å². The molecule has 1 unspecified atom stereocenters. The molecular weight excluding hydrogens is 276 g/mol. The molecule has 0 radical (unpaired) electrons. The van der Waals surface area contributed by atoms with Crippen LogP contribution in [0, 0.1) is 5.41 Å². The molecule has 0 saturated heterocycles. The van der Waals surface area contributed by atoms with E-state index in [-0.39, 0.29) is 11.9 Å². The molecule has 0 bridgehead atoms. The number of carbonyl (C=O) groups is 1. The summed E-state index contributed by atoms with van der Waals surface area (Å²) in [5.74, 6) is 0.0686. The lowest BCUT2D eigenvalue weighted by Gasteiger charge is -2.39. The molecule has 2 aliphatic rings. The number of rotatable bonds is 4. The van der Waals surface area contributed by atoms with E-state index in [1.165, 1.54) is 32.0 Å². The summed E-state index contributed by atoms with van der Waals surface area (Å²) in [6.45, 7) is 5.24. The highest BCUT2D eigenvalue weighted by atomic mass is 16.2. The SMILES string of the molecule is CCC1(CC)CCC(NC(=O)C2NCc3ncncc32)CC1. The van der Waals surface area contributed by atoms with Gasteiger partial charge in [0.2, 0.25) is 5.91 Å². The largest absolute Gasteiger partial charge is 0.352 e. The van der Waals surface area contributed by atoms with E-state index in [0.29, 0.717) is 18.0 Å². The average Bonchev–Trinajstić information content (AvgIpc) is 3.00. The molecule has 5 heteroatoms. The van der Waals surface area contributed by atoms with Crippen LogP contribution in [0.1, 0.15) is 69.7 Å². The van der Waals surface area contributed by atoms with Crippen LogP contribution in [0.2, 0.25) is 0 Å². The van der Waals surface area contributed by atoms with E-state index in [9.17, 15) is 4.79 Å². The Bertz CT molecular complexity index is 531. The summed E-state index contributed by atoms with van der Waals surface area (Å²) in [7, 11) is 0. The smallest absolute Gasteiger partial charge is 0.242 e. The Kier molecular flexibility index (Phi) is 4.43. The van der Waals surface area contributed by atoms with Gasteiger partial charge in [0, 0.05) is 24.3 Å². The molecule has 1 aliphatic heterocycles. The Balaban J connectivity index is 1.58. The predicted molar refractivity (Wildman–Crippen MR) is 85.0 cm³/mol. The van der Waals surface area contributed by atoms with Crippen molar-refractivity contribution >= 4 is 5.91 Å². The zero-order chi connectivity index (χ0) is 15.6. The molecule has 120 valence electrons. The van der Waals surface area contributed by atoms with Crippen molar-refractivity contribution in [3.05, 3.63) is 23.8 Å². The predicted octanol–water partition coefficient (Wildman–Crippen LogP) is 2.49. The van der Waals surface area contributed by atoms with E-state index in [2.05, 4.69) is 34.4 Å². The van der Waals surface area contributed by atoms with Crippen LogP contribution < -0.4 is 10.6 Å². The Morgan fingerprint density at radius 1 is 1.36 bits per heavy atom. The Labute approximate surface area is 132 Å². The van der Waals surface area contributed by atoms with E-state index in [4.69, 9.17) is 0 Å². The second-order valence-corrected chi connectivity index (χ2v) is 6.73. The highest BCUT2D eigenvalue weighted by Crippen LogP contribution is 2.42. The lowest BCUT2D eigenvalue weighted by molar-refractivity contribution is -0.124. The molecule has 1 saturated carbocycles. The molecule has 1 amide bonds. The van der Waals surface area contributed by atoms with Gasteiger partial charge in [0.05, 0.1) is 5.69 Å². The minimum atomic E-state index is -0.291. The molecule has 5 nitrogen and oxygen atoms in total. The maximum absolute atomic E-state index is 12.5. The Hall–Kier alpha value is -1.49. The molecule has 1 atom stereocenters. The van der Waals surface area contributed by atoms with Gasteiger partial charge in [0.1, 0.15) is 12.4 Å². The van der Waals surface area contributed by atoms with Crippen molar-refractivity contribution in [1.29, 1.82) is 0 Å². The fourth-order valence-electron chi connectivity index (χ4n) is 3.91. The van der Waals surface area contributed by atoms with Gasteiger partial charge in [-0.1, -0.05) is 26.7 Å². The van der Waals surface area contributed by atoms with Gasteiger partial charge in [0.15, 0.2) is 0 Å². The van der Waals surface area contributed by atoms with Crippen molar-refractivity contribution in [2.45, 2.75) is 71.0 Å². The van der Waals surface area contributed by atoms with Crippen molar-refractivity contribution in [2.24, 2.45) is 5.41 Å². The van der Waals surface area contributed by atoms with Crippen LogP contribution in [-0.4, -0.2) is 21.9 Å². The maximum Gasteiger partial charge on any atom is 0.242 e. The van der Waals surface area contributed by atoms with Crippen molar-refractivity contribution in [1.82, 2.24) is 20.6 Å². The first-order valence-corrected chi connectivity index (χ1v) is 8.50. The van der Waals surface area contributed by atoms with Crippen molar-refractivity contribution in [3.63, 3.8) is 0 Å². The zero-order valence-corrected chi connectivity index (χ0v) is 13.6. The minimum Gasteiger partial charge on any atom is -0.352 e. The highest BCUT2D eigenvalue weighted by Gasteiger charge is 2.35. The summed E-state index contributed by atoms with van der Waals surface area (Å²) < 4.78 is 0. The summed E-state index contributed by atoms with van der Waals surface area (Å²) in [6.07, 6.45) is 10.4. The maximum atomic E-state index is 12.5. The number of amides is 1. The quantitative estimate of drug-likeness (QED) is 0.896. The molecule has 3 rings (SSSR count). The molecule has 22 heavy (non-hydrogen) atoms. The molecule has 2 heterocycles. The standard InChI is InChI=1S/C17H26N4O/c1-3-17(4-2)7-5-12(6-8-17)21-16(22)15-13-9-18-11-20-14(13)10-19-15/h9,11-12,15,19H,3-8,10H2,1-2H3,(H,21,22). The van der Waals surface area contributed by atoms with Crippen molar-refractivity contribution in [2.75, 3.05) is 0 Å². The summed E-state index contributed by atoms with van der Waals surface area (Å²) in [5, 5.41) is 6.47. The van der Waals surface area contributed by atoms with E-state index >= 15 is 0 Å². The Morgan fingerprint density at radius 2 is 2.09 bits per heavy atom. The number of carbonyl (C=O) groups excluding carboxylic acids is 1. The van der Waals surface area contributed by atoms with Crippen LogP contribution in [0.3, 0.4) is 0 Å². The first kappa shape index (κ1) is 15.4. The third kappa shape index (κ3) is 2.86. The van der Waals surface area contributed by atoms with Crippen LogP contribution in [0.4, 0.5) is 0 Å². The topological polar surface area (TPSA) is 66.9 Å². The third-order valence-electron chi connectivity index (χ3n) is 5.77. The van der Waals surface area contributed by atoms with E-state index in [1.807, 2.05) is 0 Å². The van der Waals surface area contributed by atoms with Crippen LogP contribution in [0.25, 0.3) is 0 Å². The second-order valence-electron chi connectivity index (χ2n) is 6.73. The molecule has 0 aromatic carbocycles. The van der Waals surface area contributed by atoms with Gasteiger partial charge >= 0.3 is 0 Å². The van der Waals surface area contributed by atoms with Crippen LogP contribution in [0.5, 0.6) is 0 Å². The molecule has 0 spiro atoms. The number of nitrogens with zero attached hydrogens (tertiary/aromatic N) is 2. The van der Waals surface area contributed by atoms with Gasteiger partial charge < -0.3 is 5.32 Å². The number of aromatic nitrogens is 2.